The third kappa shape index (κ3) is 3.45. The second-order valence-electron chi connectivity index (χ2n) is 4.67. The normalized spacial score (nSPS) is 17.6. The zero-order chi connectivity index (χ0) is 12.8. The van der Waals surface area contributed by atoms with Gasteiger partial charge in [0.15, 0.2) is 5.96 Å². The Morgan fingerprint density at radius 3 is 2.50 bits per heavy atom. The quantitative estimate of drug-likeness (QED) is 0.646. The number of hydrogen-bond donors (Lipinski definition) is 1. The average Bonchev–Trinajstić information content (AvgIpc) is 2.66. The summed E-state index contributed by atoms with van der Waals surface area (Å²) in [5.41, 5.74) is 6.56. The van der Waals surface area contributed by atoms with Gasteiger partial charge in [-0.25, -0.2) is 9.38 Å². The summed E-state index contributed by atoms with van der Waals surface area (Å²) in [5.74, 6) is 0.324. The number of hydrogen-bond acceptors (Lipinski definition) is 1. The van der Waals surface area contributed by atoms with E-state index in [9.17, 15) is 4.39 Å². The molecule has 0 spiro atoms. The first kappa shape index (κ1) is 12.9. The summed E-state index contributed by atoms with van der Waals surface area (Å²) in [6.45, 7) is 2.24. The van der Waals surface area contributed by atoms with Crippen LogP contribution in [0.25, 0.3) is 0 Å². The van der Waals surface area contributed by atoms with E-state index in [-0.39, 0.29) is 5.82 Å². The molecular weight excluding hydrogens is 229 g/mol. The molecule has 0 unspecified atom stereocenters. The van der Waals surface area contributed by atoms with E-state index in [0.717, 1.165) is 25.9 Å². The molecule has 3 nitrogen and oxygen atoms in total. The van der Waals surface area contributed by atoms with Gasteiger partial charge in [0.2, 0.25) is 0 Å². The number of nitrogens with zero attached hydrogens (tertiary/aromatic N) is 2. The highest BCUT2D eigenvalue weighted by Crippen LogP contribution is 2.11. The molecule has 18 heavy (non-hydrogen) atoms. The van der Waals surface area contributed by atoms with Crippen molar-refractivity contribution in [3.63, 3.8) is 0 Å². The summed E-state index contributed by atoms with van der Waals surface area (Å²) in [7, 11) is 0. The minimum Gasteiger partial charge on any atom is -0.370 e. The molecule has 1 aliphatic heterocycles. The van der Waals surface area contributed by atoms with Crippen LogP contribution in [0.3, 0.4) is 0 Å². The Balaban J connectivity index is 1.97. The Morgan fingerprint density at radius 2 is 1.83 bits per heavy atom. The van der Waals surface area contributed by atoms with Gasteiger partial charge in [0.25, 0.3) is 0 Å². The van der Waals surface area contributed by atoms with Crippen molar-refractivity contribution < 1.29 is 4.39 Å². The lowest BCUT2D eigenvalue weighted by atomic mass is 10.2. The largest absolute Gasteiger partial charge is 0.370 e. The van der Waals surface area contributed by atoms with Gasteiger partial charge in [0.05, 0.1) is 6.54 Å². The minimum atomic E-state index is -0.218. The van der Waals surface area contributed by atoms with Crippen molar-refractivity contribution in [3.05, 3.63) is 35.6 Å². The van der Waals surface area contributed by atoms with Gasteiger partial charge in [-0.15, -0.1) is 0 Å². The molecule has 2 rings (SSSR count). The molecule has 0 radical (unpaired) electrons. The van der Waals surface area contributed by atoms with Crippen LogP contribution in [0.15, 0.2) is 29.3 Å². The Bertz CT molecular complexity index is 409. The maximum absolute atomic E-state index is 13.4. The zero-order valence-electron chi connectivity index (χ0n) is 10.6. The van der Waals surface area contributed by atoms with Crippen LogP contribution in [0.4, 0.5) is 4.39 Å². The predicted octanol–water partition coefficient (Wildman–Crippen LogP) is 2.52. The van der Waals surface area contributed by atoms with Crippen molar-refractivity contribution in [2.45, 2.75) is 32.2 Å². The summed E-state index contributed by atoms with van der Waals surface area (Å²) in [5, 5.41) is 0. The minimum absolute atomic E-state index is 0.218. The third-order valence-electron chi connectivity index (χ3n) is 3.30. The van der Waals surface area contributed by atoms with Crippen molar-refractivity contribution in [1.82, 2.24) is 4.90 Å². The maximum Gasteiger partial charge on any atom is 0.191 e. The fourth-order valence-electron chi connectivity index (χ4n) is 2.19. The SMILES string of the molecule is NC(=NCc1ccccc1F)N1CCCCCC1. The fourth-order valence-corrected chi connectivity index (χ4v) is 2.19. The van der Waals surface area contributed by atoms with Crippen molar-refractivity contribution >= 4 is 5.96 Å². The molecule has 0 aromatic heterocycles. The summed E-state index contributed by atoms with van der Waals surface area (Å²) in [4.78, 5) is 6.41. The van der Waals surface area contributed by atoms with Gasteiger partial charge < -0.3 is 10.6 Å². The Morgan fingerprint density at radius 1 is 1.17 bits per heavy atom. The van der Waals surface area contributed by atoms with E-state index in [4.69, 9.17) is 5.73 Å². The second kappa shape index (κ2) is 6.38. The van der Waals surface area contributed by atoms with E-state index < -0.39 is 0 Å². The Labute approximate surface area is 108 Å². The number of aliphatic imine (C=N–C) groups is 1. The monoisotopic (exact) mass is 249 g/mol. The lowest BCUT2D eigenvalue weighted by Gasteiger charge is -2.21. The first-order valence-electron chi connectivity index (χ1n) is 6.55. The van der Waals surface area contributed by atoms with Crippen molar-refractivity contribution in [2.24, 2.45) is 10.7 Å². The molecule has 0 bridgehead atoms. The van der Waals surface area contributed by atoms with E-state index >= 15 is 0 Å². The first-order chi connectivity index (χ1) is 8.77. The highest BCUT2D eigenvalue weighted by Gasteiger charge is 2.10. The van der Waals surface area contributed by atoms with Crippen LogP contribution < -0.4 is 5.73 Å². The molecule has 1 saturated heterocycles. The number of rotatable bonds is 2. The van der Waals surface area contributed by atoms with Gasteiger partial charge in [-0.3, -0.25) is 0 Å². The van der Waals surface area contributed by atoms with Gasteiger partial charge in [-0.05, 0) is 18.9 Å². The molecule has 1 aliphatic rings. The summed E-state index contributed by atoms with van der Waals surface area (Å²) in [6, 6.07) is 6.69. The van der Waals surface area contributed by atoms with Crippen molar-refractivity contribution in [1.29, 1.82) is 0 Å². The van der Waals surface area contributed by atoms with Gasteiger partial charge in [-0.2, -0.15) is 0 Å². The standard InChI is InChI=1S/C14H20FN3/c15-13-8-4-3-7-12(13)11-17-14(16)18-9-5-1-2-6-10-18/h3-4,7-8H,1-2,5-6,9-11H2,(H2,16,17). The van der Waals surface area contributed by atoms with Crippen LogP contribution in [0, 0.1) is 5.82 Å². The van der Waals surface area contributed by atoms with E-state index in [1.807, 2.05) is 6.07 Å². The van der Waals surface area contributed by atoms with Gasteiger partial charge in [0, 0.05) is 18.7 Å². The molecule has 4 heteroatoms. The molecule has 0 aliphatic carbocycles. The second-order valence-corrected chi connectivity index (χ2v) is 4.67. The molecule has 1 heterocycles. The molecule has 0 amide bonds. The third-order valence-corrected chi connectivity index (χ3v) is 3.30. The summed E-state index contributed by atoms with van der Waals surface area (Å²) >= 11 is 0. The van der Waals surface area contributed by atoms with Gasteiger partial charge in [-0.1, -0.05) is 31.0 Å². The fraction of sp³-hybridized carbons (Fsp3) is 0.500. The number of nitrogens with two attached hydrogens (primary N) is 1. The zero-order valence-corrected chi connectivity index (χ0v) is 10.6. The Kier molecular flexibility index (Phi) is 4.56. The summed E-state index contributed by atoms with van der Waals surface area (Å²) in [6.07, 6.45) is 4.85. The first-order valence-corrected chi connectivity index (χ1v) is 6.55. The van der Waals surface area contributed by atoms with E-state index in [2.05, 4.69) is 9.89 Å². The predicted molar refractivity (Wildman–Crippen MR) is 71.8 cm³/mol. The molecule has 1 aromatic carbocycles. The van der Waals surface area contributed by atoms with Crippen LogP contribution in [0.1, 0.15) is 31.2 Å². The van der Waals surface area contributed by atoms with Crippen molar-refractivity contribution in [3.8, 4) is 0 Å². The van der Waals surface area contributed by atoms with Crippen LogP contribution >= 0.6 is 0 Å². The molecule has 0 saturated carbocycles. The Hall–Kier alpha value is -1.58. The highest BCUT2D eigenvalue weighted by molar-refractivity contribution is 5.78. The highest BCUT2D eigenvalue weighted by atomic mass is 19.1. The van der Waals surface area contributed by atoms with E-state index in [1.54, 1.807) is 12.1 Å². The number of halogens is 1. The number of benzene rings is 1. The lowest BCUT2D eigenvalue weighted by molar-refractivity contribution is 0.428. The molecule has 2 N–H and O–H groups in total. The number of likely N-dealkylation sites (tertiary alicyclic amines) is 1. The van der Waals surface area contributed by atoms with E-state index in [1.165, 1.54) is 18.9 Å². The lowest BCUT2D eigenvalue weighted by Crippen LogP contribution is -2.38. The van der Waals surface area contributed by atoms with Gasteiger partial charge >= 0.3 is 0 Å². The summed E-state index contributed by atoms with van der Waals surface area (Å²) < 4.78 is 13.4. The topological polar surface area (TPSA) is 41.6 Å². The molecule has 0 atom stereocenters. The average molecular weight is 249 g/mol. The number of guanidine groups is 1. The van der Waals surface area contributed by atoms with E-state index in [0.29, 0.717) is 18.1 Å². The molecule has 98 valence electrons. The van der Waals surface area contributed by atoms with Crippen LogP contribution in [0.2, 0.25) is 0 Å². The van der Waals surface area contributed by atoms with Gasteiger partial charge in [0.1, 0.15) is 5.82 Å². The molecule has 1 fully saturated rings. The smallest absolute Gasteiger partial charge is 0.191 e. The van der Waals surface area contributed by atoms with Crippen LogP contribution in [-0.2, 0) is 6.54 Å². The molecule has 1 aromatic rings. The van der Waals surface area contributed by atoms with Crippen molar-refractivity contribution in [2.75, 3.05) is 13.1 Å². The van der Waals surface area contributed by atoms with Crippen LogP contribution in [-0.4, -0.2) is 23.9 Å². The maximum atomic E-state index is 13.4. The molecular formula is C14H20FN3. The van der Waals surface area contributed by atoms with Crippen LogP contribution in [0.5, 0.6) is 0 Å².